The summed E-state index contributed by atoms with van der Waals surface area (Å²) in [5, 5.41) is 8.13. The normalized spacial score (nSPS) is 11.8. The van der Waals surface area contributed by atoms with Gasteiger partial charge in [0, 0.05) is 18.3 Å². The Hall–Kier alpha value is -2.80. The summed E-state index contributed by atoms with van der Waals surface area (Å²) in [5.74, 6) is 1.17. The molecule has 0 radical (unpaired) electrons. The first-order valence-corrected chi connectivity index (χ1v) is 9.52. The molecule has 3 rings (SSSR count). The minimum atomic E-state index is -0.358. The molecule has 2 aromatic carbocycles. The van der Waals surface area contributed by atoms with Crippen molar-refractivity contribution in [3.05, 3.63) is 54.6 Å². The molecule has 0 saturated carbocycles. The highest BCUT2D eigenvalue weighted by atomic mass is 32.2. The number of benzene rings is 2. The van der Waals surface area contributed by atoms with Crippen LogP contribution in [0.4, 0.5) is 5.69 Å². The highest BCUT2D eigenvalue weighted by Gasteiger charge is 2.22. The number of para-hydroxylation sites is 1. The summed E-state index contributed by atoms with van der Waals surface area (Å²) < 4.78 is 11.1. The molecule has 140 valence electrons. The highest BCUT2D eigenvalue weighted by molar-refractivity contribution is 8.00. The maximum atomic E-state index is 12.6. The van der Waals surface area contributed by atoms with E-state index >= 15 is 0 Å². The van der Waals surface area contributed by atoms with E-state index in [9.17, 15) is 4.79 Å². The Balaban J connectivity index is 1.65. The van der Waals surface area contributed by atoms with E-state index in [1.807, 2.05) is 68.4 Å². The van der Waals surface area contributed by atoms with Crippen molar-refractivity contribution >= 4 is 23.4 Å². The number of amides is 1. The van der Waals surface area contributed by atoms with Gasteiger partial charge in [-0.3, -0.25) is 4.79 Å². The largest absolute Gasteiger partial charge is 0.494 e. The van der Waals surface area contributed by atoms with Crippen LogP contribution in [-0.4, -0.2) is 35.0 Å². The lowest BCUT2D eigenvalue weighted by atomic mass is 10.2. The fourth-order valence-corrected chi connectivity index (χ4v) is 3.26. The van der Waals surface area contributed by atoms with Crippen LogP contribution < -0.4 is 9.64 Å². The van der Waals surface area contributed by atoms with Crippen molar-refractivity contribution in [3.63, 3.8) is 0 Å². The van der Waals surface area contributed by atoms with Crippen LogP contribution in [0.2, 0.25) is 0 Å². The number of carbonyl (C=O) groups is 1. The summed E-state index contributed by atoms with van der Waals surface area (Å²) in [6, 6.07) is 17.0. The lowest BCUT2D eigenvalue weighted by Gasteiger charge is -2.20. The zero-order valence-electron chi connectivity index (χ0n) is 15.5. The fraction of sp³-hybridized carbons (Fsp3) is 0.250. The maximum absolute atomic E-state index is 12.6. The molecule has 1 aromatic heterocycles. The topological polar surface area (TPSA) is 68.5 Å². The summed E-state index contributed by atoms with van der Waals surface area (Å²) in [5.41, 5.74) is 1.65. The van der Waals surface area contributed by atoms with E-state index in [-0.39, 0.29) is 11.2 Å². The Morgan fingerprint density at radius 2 is 1.85 bits per heavy atom. The zero-order chi connectivity index (χ0) is 19.2. The van der Waals surface area contributed by atoms with Gasteiger partial charge < -0.3 is 14.1 Å². The first-order chi connectivity index (χ1) is 13.1. The average molecular weight is 383 g/mol. The molecule has 0 aliphatic heterocycles. The smallest absolute Gasteiger partial charge is 0.277 e. The zero-order valence-corrected chi connectivity index (χ0v) is 16.3. The number of aromatic nitrogens is 2. The SMILES string of the molecule is CCOc1ccc(-c2nnc(S[C@@H](C)C(=O)N(C)c3ccccc3)o2)cc1. The quantitative estimate of drug-likeness (QED) is 0.567. The predicted octanol–water partition coefficient (Wildman–Crippen LogP) is 4.28. The molecule has 3 aromatic rings. The molecule has 0 fully saturated rings. The third-order valence-corrected chi connectivity index (χ3v) is 4.84. The fourth-order valence-electron chi connectivity index (χ4n) is 2.49. The summed E-state index contributed by atoms with van der Waals surface area (Å²) >= 11 is 1.25. The Kier molecular flexibility index (Phi) is 6.13. The Morgan fingerprint density at radius 3 is 2.52 bits per heavy atom. The second kappa shape index (κ2) is 8.73. The van der Waals surface area contributed by atoms with E-state index in [4.69, 9.17) is 9.15 Å². The molecule has 1 amide bonds. The standard InChI is InChI=1S/C20H21N3O3S/c1-4-25-17-12-10-15(11-13-17)18-21-22-20(26-18)27-14(2)19(24)23(3)16-8-6-5-7-9-16/h5-14H,4H2,1-3H3/t14-/m0/s1. The second-order valence-corrected chi connectivity index (χ2v) is 7.12. The molecule has 0 aliphatic rings. The van der Waals surface area contributed by atoms with E-state index in [1.165, 1.54) is 11.8 Å². The molecule has 0 aliphatic carbocycles. The van der Waals surface area contributed by atoms with Crippen LogP contribution in [0.1, 0.15) is 13.8 Å². The number of ether oxygens (including phenoxy) is 1. The van der Waals surface area contributed by atoms with Gasteiger partial charge in [-0.15, -0.1) is 10.2 Å². The van der Waals surface area contributed by atoms with Gasteiger partial charge in [-0.05, 0) is 50.2 Å². The number of nitrogens with zero attached hydrogens (tertiary/aromatic N) is 3. The van der Waals surface area contributed by atoms with E-state index in [0.29, 0.717) is 17.7 Å². The summed E-state index contributed by atoms with van der Waals surface area (Å²) in [4.78, 5) is 14.3. The molecule has 0 unspecified atom stereocenters. The predicted molar refractivity (Wildman–Crippen MR) is 106 cm³/mol. The second-order valence-electron chi connectivity index (χ2n) is 5.82. The molecule has 1 atom stereocenters. The van der Waals surface area contributed by atoms with Crippen LogP contribution in [0.25, 0.3) is 11.5 Å². The van der Waals surface area contributed by atoms with Crippen molar-refractivity contribution in [2.45, 2.75) is 24.3 Å². The van der Waals surface area contributed by atoms with Crippen molar-refractivity contribution in [3.8, 4) is 17.2 Å². The third kappa shape index (κ3) is 4.68. The van der Waals surface area contributed by atoms with Crippen LogP contribution in [0.3, 0.4) is 0 Å². The van der Waals surface area contributed by atoms with Gasteiger partial charge in [0.25, 0.3) is 5.22 Å². The van der Waals surface area contributed by atoms with Gasteiger partial charge in [-0.2, -0.15) is 0 Å². The Bertz CT molecular complexity index is 881. The number of carbonyl (C=O) groups excluding carboxylic acids is 1. The molecule has 27 heavy (non-hydrogen) atoms. The molecular weight excluding hydrogens is 362 g/mol. The van der Waals surface area contributed by atoms with Gasteiger partial charge >= 0.3 is 0 Å². The number of hydrogen-bond acceptors (Lipinski definition) is 6. The molecule has 1 heterocycles. The van der Waals surface area contributed by atoms with E-state index in [1.54, 1.807) is 11.9 Å². The highest BCUT2D eigenvalue weighted by Crippen LogP contribution is 2.28. The number of anilines is 1. The summed E-state index contributed by atoms with van der Waals surface area (Å²) in [7, 11) is 1.76. The summed E-state index contributed by atoms with van der Waals surface area (Å²) in [6.45, 7) is 4.38. The van der Waals surface area contributed by atoms with Gasteiger partial charge in [0.1, 0.15) is 5.75 Å². The molecule has 0 N–H and O–H groups in total. The van der Waals surface area contributed by atoms with Gasteiger partial charge in [0.15, 0.2) is 0 Å². The van der Waals surface area contributed by atoms with Crippen molar-refractivity contribution < 1.29 is 13.9 Å². The average Bonchev–Trinajstić information content (AvgIpc) is 3.16. The molecule has 0 saturated heterocycles. The van der Waals surface area contributed by atoms with Gasteiger partial charge in [0.05, 0.1) is 11.9 Å². The molecule has 0 bridgehead atoms. The Labute approximate surface area is 162 Å². The monoisotopic (exact) mass is 383 g/mol. The van der Waals surface area contributed by atoms with Crippen molar-refractivity contribution in [1.82, 2.24) is 10.2 Å². The lowest BCUT2D eigenvalue weighted by molar-refractivity contribution is -0.117. The molecule has 0 spiro atoms. The number of rotatable bonds is 7. The first-order valence-electron chi connectivity index (χ1n) is 8.64. The number of thioether (sulfide) groups is 1. The lowest BCUT2D eigenvalue weighted by Crippen LogP contribution is -2.33. The number of hydrogen-bond donors (Lipinski definition) is 0. The van der Waals surface area contributed by atoms with Crippen molar-refractivity contribution in [1.29, 1.82) is 0 Å². The van der Waals surface area contributed by atoms with Crippen LogP contribution in [0.15, 0.2) is 64.2 Å². The van der Waals surface area contributed by atoms with E-state index < -0.39 is 0 Å². The van der Waals surface area contributed by atoms with Crippen LogP contribution >= 0.6 is 11.8 Å². The van der Waals surface area contributed by atoms with Crippen LogP contribution in [0, 0.1) is 0 Å². The van der Waals surface area contributed by atoms with Gasteiger partial charge in [0.2, 0.25) is 11.8 Å². The van der Waals surface area contributed by atoms with Crippen LogP contribution in [-0.2, 0) is 4.79 Å². The Morgan fingerprint density at radius 1 is 1.15 bits per heavy atom. The van der Waals surface area contributed by atoms with Crippen LogP contribution in [0.5, 0.6) is 5.75 Å². The van der Waals surface area contributed by atoms with Crippen molar-refractivity contribution in [2.24, 2.45) is 0 Å². The maximum Gasteiger partial charge on any atom is 0.277 e. The molecule has 7 heteroatoms. The third-order valence-electron chi connectivity index (χ3n) is 3.92. The minimum Gasteiger partial charge on any atom is -0.494 e. The molecule has 6 nitrogen and oxygen atoms in total. The van der Waals surface area contributed by atoms with E-state index in [2.05, 4.69) is 10.2 Å². The minimum absolute atomic E-state index is 0.0352. The van der Waals surface area contributed by atoms with Crippen molar-refractivity contribution in [2.75, 3.05) is 18.6 Å². The summed E-state index contributed by atoms with van der Waals surface area (Å²) in [6.07, 6.45) is 0. The van der Waals surface area contributed by atoms with Gasteiger partial charge in [-0.25, -0.2) is 0 Å². The van der Waals surface area contributed by atoms with E-state index in [0.717, 1.165) is 17.0 Å². The van der Waals surface area contributed by atoms with Gasteiger partial charge in [-0.1, -0.05) is 30.0 Å². The first kappa shape index (κ1) is 19.0. The molecular formula is C20H21N3O3S.